The van der Waals surface area contributed by atoms with Gasteiger partial charge < -0.3 is 16.2 Å². The minimum absolute atomic E-state index is 0.125. The summed E-state index contributed by atoms with van der Waals surface area (Å²) < 4.78 is 4.80. The fraction of sp³-hybridized carbons (Fsp3) is 0.143. The molecule has 0 bridgehead atoms. The van der Waals surface area contributed by atoms with E-state index in [0.717, 1.165) is 0 Å². The van der Waals surface area contributed by atoms with Crippen molar-refractivity contribution in [2.75, 3.05) is 12.8 Å². The Labute approximate surface area is 69.3 Å². The van der Waals surface area contributed by atoms with Gasteiger partial charge in [0.05, 0.1) is 12.8 Å². The molecule has 0 aromatic carbocycles. The molecule has 0 saturated heterocycles. The second-order valence-corrected chi connectivity index (χ2v) is 2.15. The lowest BCUT2D eigenvalue weighted by molar-refractivity contribution is 0.0997. The molecule has 5 heteroatoms. The second-order valence-electron chi connectivity index (χ2n) is 2.15. The highest BCUT2D eigenvalue weighted by Crippen LogP contribution is 2.19. The molecule has 1 rings (SSSR count). The van der Waals surface area contributed by atoms with E-state index in [1.54, 1.807) is 0 Å². The van der Waals surface area contributed by atoms with Gasteiger partial charge in [0.15, 0.2) is 0 Å². The summed E-state index contributed by atoms with van der Waals surface area (Å²) in [5, 5.41) is 0. The lowest BCUT2D eigenvalue weighted by Crippen LogP contribution is -2.15. The number of pyridine rings is 1. The summed E-state index contributed by atoms with van der Waals surface area (Å²) in [6.07, 6.45) is 1.45. The van der Waals surface area contributed by atoms with Crippen LogP contribution in [-0.2, 0) is 0 Å². The monoisotopic (exact) mass is 167 g/mol. The number of anilines is 1. The Morgan fingerprint density at radius 3 is 2.75 bits per heavy atom. The van der Waals surface area contributed by atoms with Crippen LogP contribution < -0.4 is 16.2 Å². The van der Waals surface area contributed by atoms with Crippen LogP contribution in [0.15, 0.2) is 12.3 Å². The molecule has 0 atom stereocenters. The predicted molar refractivity (Wildman–Crippen MR) is 43.7 cm³/mol. The van der Waals surface area contributed by atoms with Gasteiger partial charge in [-0.2, -0.15) is 0 Å². The van der Waals surface area contributed by atoms with Gasteiger partial charge in [0.1, 0.15) is 5.56 Å². The van der Waals surface area contributed by atoms with E-state index < -0.39 is 5.91 Å². The molecule has 5 nitrogen and oxygen atoms in total. The standard InChI is InChI=1S/C7H9N3O2/c1-12-7-5(6(9)11)4(8)2-3-10-7/h2-3H,1H3,(H2,8,10)(H2,9,11). The van der Waals surface area contributed by atoms with Gasteiger partial charge in [-0.3, -0.25) is 4.79 Å². The fourth-order valence-electron chi connectivity index (χ4n) is 0.859. The van der Waals surface area contributed by atoms with E-state index in [9.17, 15) is 4.79 Å². The van der Waals surface area contributed by atoms with Crippen LogP contribution in [0.3, 0.4) is 0 Å². The minimum atomic E-state index is -0.641. The Morgan fingerprint density at radius 1 is 1.67 bits per heavy atom. The predicted octanol–water partition coefficient (Wildman–Crippen LogP) is -0.229. The molecule has 12 heavy (non-hydrogen) atoms. The molecule has 0 aliphatic heterocycles. The molecule has 1 aromatic heterocycles. The lowest BCUT2D eigenvalue weighted by atomic mass is 10.2. The van der Waals surface area contributed by atoms with Crippen LogP contribution >= 0.6 is 0 Å². The molecule has 1 aromatic rings. The van der Waals surface area contributed by atoms with Crippen LogP contribution in [-0.4, -0.2) is 18.0 Å². The molecule has 1 heterocycles. The molecule has 0 unspecified atom stereocenters. The van der Waals surface area contributed by atoms with Crippen LogP contribution in [0.5, 0.6) is 5.88 Å². The number of primary amides is 1. The summed E-state index contributed by atoms with van der Waals surface area (Å²) in [5.41, 5.74) is 10.9. The number of nitrogens with two attached hydrogens (primary N) is 2. The second kappa shape index (κ2) is 3.08. The van der Waals surface area contributed by atoms with Crippen molar-refractivity contribution in [2.24, 2.45) is 5.73 Å². The Hall–Kier alpha value is -1.78. The van der Waals surface area contributed by atoms with E-state index in [4.69, 9.17) is 16.2 Å². The highest BCUT2D eigenvalue weighted by atomic mass is 16.5. The third-order valence-corrected chi connectivity index (χ3v) is 1.39. The topological polar surface area (TPSA) is 91.2 Å². The molecule has 0 aliphatic carbocycles. The number of rotatable bonds is 2. The summed E-state index contributed by atoms with van der Waals surface area (Å²) in [6, 6.07) is 1.49. The molecule has 0 saturated carbocycles. The van der Waals surface area contributed by atoms with E-state index in [-0.39, 0.29) is 17.1 Å². The molecule has 1 amide bonds. The molecule has 0 spiro atoms. The molecular weight excluding hydrogens is 158 g/mol. The first kappa shape index (κ1) is 8.32. The maximum absolute atomic E-state index is 10.8. The molecule has 0 fully saturated rings. The van der Waals surface area contributed by atoms with Crippen LogP contribution in [0.1, 0.15) is 10.4 Å². The number of nitrogens with zero attached hydrogens (tertiary/aromatic N) is 1. The van der Waals surface area contributed by atoms with Gasteiger partial charge in [0.2, 0.25) is 5.88 Å². The number of amides is 1. The molecular formula is C7H9N3O2. The summed E-state index contributed by atoms with van der Waals surface area (Å²) >= 11 is 0. The Kier molecular flexibility index (Phi) is 2.14. The number of hydrogen-bond acceptors (Lipinski definition) is 4. The first-order chi connectivity index (χ1) is 5.66. The van der Waals surface area contributed by atoms with Crippen LogP contribution in [0.4, 0.5) is 5.69 Å². The maximum atomic E-state index is 10.8. The lowest BCUT2D eigenvalue weighted by Gasteiger charge is -2.05. The van der Waals surface area contributed by atoms with E-state index >= 15 is 0 Å². The average molecular weight is 167 g/mol. The molecule has 4 N–H and O–H groups in total. The van der Waals surface area contributed by atoms with Gasteiger partial charge >= 0.3 is 0 Å². The number of ether oxygens (including phenoxy) is 1. The Balaban J connectivity index is 3.29. The molecule has 0 radical (unpaired) electrons. The fourth-order valence-corrected chi connectivity index (χ4v) is 0.859. The number of carbonyl (C=O) groups is 1. The normalized spacial score (nSPS) is 9.42. The van der Waals surface area contributed by atoms with Crippen LogP contribution in [0.2, 0.25) is 0 Å². The summed E-state index contributed by atoms with van der Waals surface area (Å²) in [4.78, 5) is 14.6. The van der Waals surface area contributed by atoms with Gasteiger partial charge in [0.25, 0.3) is 5.91 Å². The van der Waals surface area contributed by atoms with Gasteiger partial charge in [-0.05, 0) is 6.07 Å². The van der Waals surface area contributed by atoms with E-state index in [2.05, 4.69) is 4.98 Å². The van der Waals surface area contributed by atoms with Crippen LogP contribution in [0, 0.1) is 0 Å². The zero-order chi connectivity index (χ0) is 9.14. The van der Waals surface area contributed by atoms with Crippen molar-refractivity contribution in [3.8, 4) is 5.88 Å². The van der Waals surface area contributed by atoms with E-state index in [1.807, 2.05) is 0 Å². The van der Waals surface area contributed by atoms with Gasteiger partial charge in [-0.15, -0.1) is 0 Å². The zero-order valence-corrected chi connectivity index (χ0v) is 6.57. The van der Waals surface area contributed by atoms with Crippen molar-refractivity contribution in [3.05, 3.63) is 17.8 Å². The van der Waals surface area contributed by atoms with E-state index in [1.165, 1.54) is 19.4 Å². The van der Waals surface area contributed by atoms with Crippen molar-refractivity contribution in [3.63, 3.8) is 0 Å². The summed E-state index contributed by atoms with van der Waals surface area (Å²) in [6.45, 7) is 0. The van der Waals surface area contributed by atoms with Crippen molar-refractivity contribution in [2.45, 2.75) is 0 Å². The number of methoxy groups -OCH3 is 1. The van der Waals surface area contributed by atoms with Gasteiger partial charge in [-0.25, -0.2) is 4.98 Å². The Bertz CT molecular complexity index is 312. The molecule has 0 aliphatic rings. The SMILES string of the molecule is COc1nccc(N)c1C(N)=O. The van der Waals surface area contributed by atoms with Gasteiger partial charge in [-0.1, -0.05) is 0 Å². The number of carbonyl (C=O) groups excluding carboxylic acids is 1. The highest BCUT2D eigenvalue weighted by Gasteiger charge is 2.12. The highest BCUT2D eigenvalue weighted by molar-refractivity contribution is 6.00. The quantitative estimate of drug-likeness (QED) is 0.636. The maximum Gasteiger partial charge on any atom is 0.256 e. The van der Waals surface area contributed by atoms with Crippen molar-refractivity contribution in [1.82, 2.24) is 4.98 Å². The Morgan fingerprint density at radius 2 is 2.33 bits per heavy atom. The van der Waals surface area contributed by atoms with Crippen molar-refractivity contribution < 1.29 is 9.53 Å². The number of aromatic nitrogens is 1. The smallest absolute Gasteiger partial charge is 0.256 e. The first-order valence-corrected chi connectivity index (χ1v) is 3.25. The number of nitrogen functional groups attached to an aromatic ring is 1. The zero-order valence-electron chi connectivity index (χ0n) is 6.57. The average Bonchev–Trinajstić information content (AvgIpc) is 2.03. The van der Waals surface area contributed by atoms with Crippen molar-refractivity contribution in [1.29, 1.82) is 0 Å². The summed E-state index contributed by atoms with van der Waals surface area (Å²) in [7, 11) is 1.40. The third-order valence-electron chi connectivity index (χ3n) is 1.39. The van der Waals surface area contributed by atoms with Crippen molar-refractivity contribution >= 4 is 11.6 Å². The largest absolute Gasteiger partial charge is 0.480 e. The number of hydrogen-bond donors (Lipinski definition) is 2. The first-order valence-electron chi connectivity index (χ1n) is 3.25. The molecule has 64 valence electrons. The minimum Gasteiger partial charge on any atom is -0.480 e. The van der Waals surface area contributed by atoms with Gasteiger partial charge in [0, 0.05) is 6.20 Å². The van der Waals surface area contributed by atoms with E-state index in [0.29, 0.717) is 0 Å². The third kappa shape index (κ3) is 1.29. The summed E-state index contributed by atoms with van der Waals surface area (Å²) in [5.74, 6) is -0.486. The van der Waals surface area contributed by atoms with Crippen LogP contribution in [0.25, 0.3) is 0 Å².